The van der Waals surface area contributed by atoms with Crippen molar-refractivity contribution in [3.8, 4) is 5.69 Å². The second-order valence-corrected chi connectivity index (χ2v) is 7.56. The van der Waals surface area contributed by atoms with Gasteiger partial charge in [-0.1, -0.05) is 11.6 Å². The predicted molar refractivity (Wildman–Crippen MR) is 114 cm³/mol. The molecule has 2 aromatic heterocycles. The Balaban J connectivity index is 1.62. The molecule has 8 heteroatoms. The average Bonchev–Trinajstić information content (AvgIpc) is 3.26. The maximum absolute atomic E-state index is 12.0. The highest BCUT2D eigenvalue weighted by atomic mass is 35.5. The third-order valence-electron chi connectivity index (χ3n) is 5.07. The van der Waals surface area contributed by atoms with Crippen molar-refractivity contribution in [3.63, 3.8) is 0 Å². The number of fused-ring (bicyclic) bond motifs is 1. The third kappa shape index (κ3) is 4.52. The number of aromatic nitrogens is 3. The van der Waals surface area contributed by atoms with Gasteiger partial charge in [-0.15, -0.1) is 0 Å². The van der Waals surface area contributed by atoms with E-state index in [2.05, 4.69) is 21.3 Å². The van der Waals surface area contributed by atoms with E-state index in [4.69, 9.17) is 21.3 Å². The molecule has 3 heterocycles. The van der Waals surface area contributed by atoms with Gasteiger partial charge >= 0.3 is 0 Å². The number of nitrogens with one attached hydrogen (secondary N) is 1. The monoisotopic (exact) mass is 413 g/mol. The van der Waals surface area contributed by atoms with Gasteiger partial charge in [0.2, 0.25) is 5.91 Å². The molecule has 1 saturated heterocycles. The molecule has 0 saturated carbocycles. The van der Waals surface area contributed by atoms with Crippen LogP contribution in [0.3, 0.4) is 0 Å². The minimum atomic E-state index is -0.0731. The number of imidazole rings is 1. The summed E-state index contributed by atoms with van der Waals surface area (Å²) in [7, 11) is 0. The van der Waals surface area contributed by atoms with Gasteiger partial charge in [-0.3, -0.25) is 4.79 Å². The summed E-state index contributed by atoms with van der Waals surface area (Å²) in [6.45, 7) is 4.11. The lowest BCUT2D eigenvalue weighted by molar-refractivity contribution is -0.126. The largest absolute Gasteiger partial charge is 0.372 e. The number of carbonyl (C=O) groups is 1. The van der Waals surface area contributed by atoms with Gasteiger partial charge < -0.3 is 19.5 Å². The smallest absolute Gasteiger partial charge is 0.246 e. The lowest BCUT2D eigenvalue weighted by atomic mass is 10.1. The highest BCUT2D eigenvalue weighted by Gasteiger charge is 2.23. The first-order chi connectivity index (χ1) is 14.1. The van der Waals surface area contributed by atoms with Crippen LogP contribution in [0.15, 0.2) is 43.0 Å². The summed E-state index contributed by atoms with van der Waals surface area (Å²) in [6, 6.07) is 7.88. The summed E-state index contributed by atoms with van der Waals surface area (Å²) < 4.78 is 7.18. The molecule has 152 valence electrons. The van der Waals surface area contributed by atoms with Crippen molar-refractivity contribution in [1.82, 2.24) is 19.9 Å². The van der Waals surface area contributed by atoms with Crippen LogP contribution >= 0.6 is 11.6 Å². The molecule has 1 aliphatic rings. The van der Waals surface area contributed by atoms with Crippen molar-refractivity contribution in [2.45, 2.75) is 25.8 Å². The molecule has 1 amide bonds. The minimum Gasteiger partial charge on any atom is -0.372 e. The Hall–Kier alpha value is -2.64. The first kappa shape index (κ1) is 19.7. The molecule has 1 atom stereocenters. The molecule has 7 nitrogen and oxygen atoms in total. The van der Waals surface area contributed by atoms with E-state index in [9.17, 15) is 4.79 Å². The minimum absolute atomic E-state index is 0.0731. The molecule has 0 spiro atoms. The number of pyridine rings is 1. The van der Waals surface area contributed by atoms with Gasteiger partial charge in [-0.05, 0) is 38.0 Å². The summed E-state index contributed by atoms with van der Waals surface area (Å²) in [5.41, 5.74) is 1.84. The molecule has 29 heavy (non-hydrogen) atoms. The van der Waals surface area contributed by atoms with E-state index in [-0.39, 0.29) is 18.6 Å². The quantitative estimate of drug-likeness (QED) is 0.671. The first-order valence-corrected chi connectivity index (χ1v) is 10.2. The highest BCUT2D eigenvalue weighted by molar-refractivity contribution is 6.31. The van der Waals surface area contributed by atoms with Gasteiger partial charge in [0.05, 0.1) is 17.5 Å². The molecule has 1 N–H and O–H groups in total. The van der Waals surface area contributed by atoms with E-state index in [0.29, 0.717) is 18.2 Å². The number of carbonyl (C=O) groups excluding carboxylic acids is 1. The maximum Gasteiger partial charge on any atom is 0.246 e. The zero-order chi connectivity index (χ0) is 20.2. The number of piperidine rings is 1. The summed E-state index contributed by atoms with van der Waals surface area (Å²) in [5, 5.41) is 4.73. The van der Waals surface area contributed by atoms with Crippen LogP contribution in [-0.4, -0.2) is 52.8 Å². The van der Waals surface area contributed by atoms with Crippen molar-refractivity contribution in [3.05, 3.63) is 48.0 Å². The molecular weight excluding hydrogens is 390 g/mol. The van der Waals surface area contributed by atoms with E-state index >= 15 is 0 Å². The van der Waals surface area contributed by atoms with Crippen LogP contribution in [0.1, 0.15) is 19.8 Å². The summed E-state index contributed by atoms with van der Waals surface area (Å²) in [6.07, 6.45) is 7.38. The molecule has 0 aliphatic carbocycles. The van der Waals surface area contributed by atoms with Crippen molar-refractivity contribution in [2.75, 3.05) is 31.2 Å². The normalized spacial score (nSPS) is 16.9. The van der Waals surface area contributed by atoms with Crippen molar-refractivity contribution >= 4 is 34.2 Å². The highest BCUT2D eigenvalue weighted by Crippen LogP contribution is 2.29. The fourth-order valence-electron chi connectivity index (χ4n) is 3.71. The Morgan fingerprint density at radius 3 is 3.07 bits per heavy atom. The number of nitrogens with zero attached hydrogens (tertiary/aromatic N) is 4. The molecule has 1 unspecified atom stereocenters. The number of halogens is 1. The topological polar surface area (TPSA) is 72.3 Å². The summed E-state index contributed by atoms with van der Waals surface area (Å²) in [5.74, 6) is 0.795. The van der Waals surface area contributed by atoms with Crippen molar-refractivity contribution in [2.24, 2.45) is 0 Å². The third-order valence-corrected chi connectivity index (χ3v) is 5.30. The molecule has 0 radical (unpaired) electrons. The van der Waals surface area contributed by atoms with Gasteiger partial charge in [-0.25, -0.2) is 9.97 Å². The first-order valence-electron chi connectivity index (χ1n) is 9.84. The zero-order valence-corrected chi connectivity index (χ0v) is 17.1. The van der Waals surface area contributed by atoms with Gasteiger partial charge in [-0.2, -0.15) is 0 Å². The number of rotatable bonds is 6. The Morgan fingerprint density at radius 2 is 2.28 bits per heavy atom. The lowest BCUT2D eigenvalue weighted by Gasteiger charge is -2.34. The Bertz CT molecular complexity index is 992. The number of benzene rings is 1. The van der Waals surface area contributed by atoms with Crippen LogP contribution in [0.4, 0.5) is 5.82 Å². The number of anilines is 1. The molecule has 0 bridgehead atoms. The van der Waals surface area contributed by atoms with Crippen LogP contribution in [-0.2, 0) is 9.53 Å². The standard InChI is InChI=1S/C21H24ClN5O2/c1-2-29-13-21(28)24-16-4-3-8-26(12-16)20-11-19(27-9-7-23-14-27)17-6-5-15(22)10-18(17)25-20/h5-7,9-11,14,16H,2-4,8,12-13H2,1H3,(H,24,28). The second-order valence-electron chi connectivity index (χ2n) is 7.12. The number of hydrogen-bond acceptors (Lipinski definition) is 5. The fourth-order valence-corrected chi connectivity index (χ4v) is 3.88. The molecule has 3 aromatic rings. The second kappa shape index (κ2) is 8.80. The van der Waals surface area contributed by atoms with Gasteiger partial charge in [0.25, 0.3) is 0 Å². The van der Waals surface area contributed by atoms with E-state index in [1.807, 2.05) is 35.9 Å². The van der Waals surface area contributed by atoms with E-state index < -0.39 is 0 Å². The number of ether oxygens (including phenoxy) is 1. The fraction of sp³-hybridized carbons (Fsp3) is 0.381. The van der Waals surface area contributed by atoms with Crippen LogP contribution in [0.5, 0.6) is 0 Å². The molecular formula is C21H24ClN5O2. The average molecular weight is 414 g/mol. The number of hydrogen-bond donors (Lipinski definition) is 1. The van der Waals surface area contributed by atoms with Crippen molar-refractivity contribution in [1.29, 1.82) is 0 Å². The van der Waals surface area contributed by atoms with E-state index in [0.717, 1.165) is 41.8 Å². The SMILES string of the molecule is CCOCC(=O)NC1CCCN(c2cc(-n3ccnc3)c3ccc(Cl)cc3n2)C1. The Labute approximate surface area is 174 Å². The van der Waals surface area contributed by atoms with Gasteiger partial charge in [0, 0.05) is 54.6 Å². The molecule has 4 rings (SSSR count). The molecule has 1 fully saturated rings. The molecule has 1 aliphatic heterocycles. The number of amides is 1. The molecule has 1 aromatic carbocycles. The van der Waals surface area contributed by atoms with Crippen molar-refractivity contribution < 1.29 is 9.53 Å². The zero-order valence-electron chi connectivity index (χ0n) is 16.3. The van der Waals surface area contributed by atoms with Crippen LogP contribution in [0, 0.1) is 0 Å². The predicted octanol–water partition coefficient (Wildman–Crippen LogP) is 3.20. The summed E-state index contributed by atoms with van der Waals surface area (Å²) >= 11 is 6.22. The Morgan fingerprint density at radius 1 is 1.38 bits per heavy atom. The van der Waals surface area contributed by atoms with Crippen LogP contribution in [0.2, 0.25) is 5.02 Å². The van der Waals surface area contributed by atoms with Gasteiger partial charge in [0.1, 0.15) is 12.4 Å². The van der Waals surface area contributed by atoms with E-state index in [1.54, 1.807) is 12.5 Å². The lowest BCUT2D eigenvalue weighted by Crippen LogP contribution is -2.49. The van der Waals surface area contributed by atoms with Crippen LogP contribution < -0.4 is 10.2 Å². The maximum atomic E-state index is 12.0. The van der Waals surface area contributed by atoms with Crippen LogP contribution in [0.25, 0.3) is 16.6 Å². The van der Waals surface area contributed by atoms with E-state index in [1.165, 1.54) is 0 Å². The van der Waals surface area contributed by atoms with Gasteiger partial charge in [0.15, 0.2) is 0 Å². The summed E-state index contributed by atoms with van der Waals surface area (Å²) in [4.78, 5) is 23.3. The Kier molecular flexibility index (Phi) is 5.97.